The number of para-hydroxylation sites is 2. The Hall–Kier alpha value is -3.34. The molecule has 0 radical (unpaired) electrons. The maximum absolute atomic E-state index is 5.97. The molecule has 0 N–H and O–H groups in total. The van der Waals surface area contributed by atoms with Crippen LogP contribution in [0.2, 0.25) is 0 Å². The molecule has 3 heterocycles. The van der Waals surface area contributed by atoms with E-state index in [-0.39, 0.29) is 0 Å². The van der Waals surface area contributed by atoms with Crippen LogP contribution in [0.25, 0.3) is 11.0 Å². The Labute approximate surface area is 150 Å². The first-order valence-corrected chi connectivity index (χ1v) is 8.59. The predicted molar refractivity (Wildman–Crippen MR) is 98.2 cm³/mol. The van der Waals surface area contributed by atoms with Gasteiger partial charge in [-0.25, -0.2) is 9.97 Å². The molecule has 4 aromatic rings. The van der Waals surface area contributed by atoms with Crippen LogP contribution in [0.4, 0.5) is 0 Å². The summed E-state index contributed by atoms with van der Waals surface area (Å²) in [4.78, 5) is 9.38. The first-order chi connectivity index (χ1) is 12.8. The molecule has 0 unspecified atom stereocenters. The third-order valence-electron chi connectivity index (χ3n) is 4.47. The minimum absolute atomic E-state index is 0.388. The van der Waals surface area contributed by atoms with Crippen molar-refractivity contribution >= 4 is 11.0 Å². The van der Waals surface area contributed by atoms with Crippen molar-refractivity contribution in [1.29, 1.82) is 0 Å². The van der Waals surface area contributed by atoms with Crippen molar-refractivity contribution in [2.45, 2.75) is 19.8 Å². The third-order valence-corrected chi connectivity index (χ3v) is 4.47. The fourth-order valence-electron chi connectivity index (χ4n) is 3.16. The van der Waals surface area contributed by atoms with Gasteiger partial charge < -0.3 is 14.0 Å². The molecular weight excluding hydrogens is 326 g/mol. The topological polar surface area (TPSA) is 49.2 Å². The van der Waals surface area contributed by atoms with Gasteiger partial charge in [0.1, 0.15) is 24.6 Å². The lowest BCUT2D eigenvalue weighted by atomic mass is 10.2. The molecule has 1 aliphatic rings. The molecule has 26 heavy (non-hydrogen) atoms. The summed E-state index contributed by atoms with van der Waals surface area (Å²) in [6, 6.07) is 18.2. The molecule has 5 nitrogen and oxygen atoms in total. The van der Waals surface area contributed by atoms with Gasteiger partial charge >= 0.3 is 0 Å². The zero-order valence-electron chi connectivity index (χ0n) is 14.1. The molecular formula is C21H17N3O2. The molecule has 0 saturated heterocycles. The van der Waals surface area contributed by atoms with E-state index < -0.39 is 0 Å². The highest BCUT2D eigenvalue weighted by Gasteiger charge is 2.18. The Morgan fingerprint density at radius 3 is 1.85 bits per heavy atom. The van der Waals surface area contributed by atoms with Crippen LogP contribution in [0.15, 0.2) is 67.0 Å². The molecule has 0 bridgehead atoms. The average Bonchev–Trinajstić information content (AvgIpc) is 3.04. The summed E-state index contributed by atoms with van der Waals surface area (Å²) >= 11 is 0. The van der Waals surface area contributed by atoms with Gasteiger partial charge in [-0.3, -0.25) is 0 Å². The molecule has 128 valence electrons. The van der Waals surface area contributed by atoms with Crippen molar-refractivity contribution in [3.8, 4) is 11.5 Å². The maximum atomic E-state index is 5.97. The smallest absolute Gasteiger partial charge is 0.179 e. The molecule has 1 aliphatic heterocycles. The highest BCUT2D eigenvalue weighted by molar-refractivity contribution is 5.74. The van der Waals surface area contributed by atoms with E-state index in [1.807, 2.05) is 54.9 Å². The van der Waals surface area contributed by atoms with Gasteiger partial charge in [0.2, 0.25) is 0 Å². The van der Waals surface area contributed by atoms with Crippen LogP contribution < -0.4 is 9.47 Å². The lowest BCUT2D eigenvalue weighted by Crippen LogP contribution is -2.11. The SMILES string of the molecule is c1ccc(Cn2cc3c(c2)OCc2nc4ccccc4nc2CO3)cc1. The Morgan fingerprint density at radius 2 is 1.27 bits per heavy atom. The zero-order valence-corrected chi connectivity index (χ0v) is 14.1. The molecule has 2 aromatic carbocycles. The van der Waals surface area contributed by atoms with Crippen LogP contribution in [0.5, 0.6) is 11.5 Å². The highest BCUT2D eigenvalue weighted by atomic mass is 16.5. The molecule has 0 atom stereocenters. The monoisotopic (exact) mass is 343 g/mol. The highest BCUT2D eigenvalue weighted by Crippen LogP contribution is 2.32. The minimum atomic E-state index is 0.388. The van der Waals surface area contributed by atoms with Crippen molar-refractivity contribution in [1.82, 2.24) is 14.5 Å². The van der Waals surface area contributed by atoms with Gasteiger partial charge in [0.25, 0.3) is 0 Å². The fourth-order valence-corrected chi connectivity index (χ4v) is 3.16. The van der Waals surface area contributed by atoms with Crippen LogP contribution >= 0.6 is 0 Å². The number of nitrogens with zero attached hydrogens (tertiary/aromatic N) is 3. The number of aromatic nitrogens is 3. The van der Waals surface area contributed by atoms with Crippen LogP contribution in [-0.2, 0) is 19.8 Å². The number of hydrogen-bond donors (Lipinski definition) is 0. The number of fused-ring (bicyclic) bond motifs is 3. The summed E-state index contributed by atoms with van der Waals surface area (Å²) in [5, 5.41) is 0. The van der Waals surface area contributed by atoms with E-state index in [1.165, 1.54) is 5.56 Å². The van der Waals surface area contributed by atoms with Gasteiger partial charge in [0, 0.05) is 6.54 Å². The average molecular weight is 343 g/mol. The Balaban J connectivity index is 1.44. The van der Waals surface area contributed by atoms with E-state index in [4.69, 9.17) is 19.4 Å². The first-order valence-electron chi connectivity index (χ1n) is 8.59. The molecule has 5 rings (SSSR count). The lowest BCUT2D eigenvalue weighted by molar-refractivity contribution is 0.233. The van der Waals surface area contributed by atoms with Crippen molar-refractivity contribution < 1.29 is 9.47 Å². The standard InChI is InChI=1S/C21H17N3O2/c1-2-6-15(7-3-1)10-24-11-20-21(12-24)26-14-19-18(13-25-20)22-16-8-4-5-9-17(16)23-19/h1-9,11-12H,10,13-14H2. The van der Waals surface area contributed by atoms with Gasteiger partial charge in [0.15, 0.2) is 11.5 Å². The zero-order chi connectivity index (χ0) is 17.3. The van der Waals surface area contributed by atoms with Crippen molar-refractivity contribution in [2.24, 2.45) is 0 Å². The van der Waals surface area contributed by atoms with Gasteiger partial charge in [-0.15, -0.1) is 0 Å². The summed E-state index contributed by atoms with van der Waals surface area (Å²) in [6.07, 6.45) is 3.95. The second-order valence-electron chi connectivity index (χ2n) is 6.33. The van der Waals surface area contributed by atoms with Gasteiger partial charge in [0.05, 0.1) is 23.4 Å². The maximum Gasteiger partial charge on any atom is 0.179 e. The Morgan fingerprint density at radius 1 is 0.731 bits per heavy atom. The van der Waals surface area contributed by atoms with Crippen LogP contribution in [0.3, 0.4) is 0 Å². The molecule has 5 heteroatoms. The van der Waals surface area contributed by atoms with Gasteiger partial charge in [-0.05, 0) is 17.7 Å². The number of benzene rings is 2. The van der Waals surface area contributed by atoms with E-state index in [0.29, 0.717) is 13.2 Å². The summed E-state index contributed by atoms with van der Waals surface area (Å²) in [6.45, 7) is 1.55. The third kappa shape index (κ3) is 2.77. The molecule has 0 fully saturated rings. The van der Waals surface area contributed by atoms with E-state index >= 15 is 0 Å². The summed E-state index contributed by atoms with van der Waals surface area (Å²) < 4.78 is 14.0. The first kappa shape index (κ1) is 15.0. The molecule has 2 aromatic heterocycles. The van der Waals surface area contributed by atoms with E-state index in [2.05, 4.69) is 16.7 Å². The van der Waals surface area contributed by atoms with Crippen LogP contribution in [0, 0.1) is 0 Å². The Kier molecular flexibility index (Phi) is 3.56. The van der Waals surface area contributed by atoms with E-state index in [0.717, 1.165) is 40.5 Å². The molecule has 0 saturated carbocycles. The number of rotatable bonds is 2. The van der Waals surface area contributed by atoms with Crippen molar-refractivity contribution in [3.63, 3.8) is 0 Å². The quantitative estimate of drug-likeness (QED) is 0.553. The second-order valence-corrected chi connectivity index (χ2v) is 6.33. The van der Waals surface area contributed by atoms with Gasteiger partial charge in [-0.2, -0.15) is 0 Å². The summed E-state index contributed by atoms with van der Waals surface area (Å²) in [7, 11) is 0. The minimum Gasteiger partial charge on any atom is -0.482 e. The second kappa shape index (κ2) is 6.19. The van der Waals surface area contributed by atoms with Gasteiger partial charge in [-0.1, -0.05) is 42.5 Å². The summed E-state index contributed by atoms with van der Waals surface area (Å²) in [5.41, 5.74) is 4.62. The van der Waals surface area contributed by atoms with E-state index in [9.17, 15) is 0 Å². The molecule has 0 amide bonds. The largest absolute Gasteiger partial charge is 0.482 e. The molecule has 0 spiro atoms. The number of hydrogen-bond acceptors (Lipinski definition) is 4. The van der Waals surface area contributed by atoms with Crippen molar-refractivity contribution in [3.05, 3.63) is 83.9 Å². The predicted octanol–water partition coefficient (Wildman–Crippen LogP) is 3.95. The van der Waals surface area contributed by atoms with E-state index in [1.54, 1.807) is 0 Å². The lowest BCUT2D eigenvalue weighted by Gasteiger charge is -2.15. The fraction of sp³-hybridized carbons (Fsp3) is 0.143. The summed E-state index contributed by atoms with van der Waals surface area (Å²) in [5.74, 6) is 1.48. The Bertz CT molecular complexity index is 1010. The van der Waals surface area contributed by atoms with Crippen LogP contribution in [0.1, 0.15) is 17.0 Å². The molecule has 0 aliphatic carbocycles. The normalized spacial score (nSPS) is 13.1. The van der Waals surface area contributed by atoms with Crippen LogP contribution in [-0.4, -0.2) is 14.5 Å². The number of ether oxygens (including phenoxy) is 2. The van der Waals surface area contributed by atoms with Crippen molar-refractivity contribution in [2.75, 3.05) is 0 Å².